The molecule has 6 nitrogen and oxygen atoms in total. The molecule has 0 atom stereocenters. The van der Waals surface area contributed by atoms with E-state index in [-0.39, 0.29) is 71.4 Å². The number of aromatic nitrogens is 4. The second-order valence-electron chi connectivity index (χ2n) is 21.4. The van der Waals surface area contributed by atoms with Crippen molar-refractivity contribution in [3.05, 3.63) is 437 Å². The van der Waals surface area contributed by atoms with Crippen molar-refractivity contribution in [2.24, 2.45) is 0 Å². The third-order valence-corrected chi connectivity index (χ3v) is 15.8. The first-order valence-electron chi connectivity index (χ1n) is 31.9. The number of nitrogens with zero attached hydrogens (tertiary/aromatic N) is 4. The number of para-hydroxylation sites is 1. The molecule has 519 valence electrons. The van der Waals surface area contributed by atoms with E-state index in [4.69, 9.17) is 17.7 Å². The smallest absolute Gasteiger partial charge is 0.780 e. The molecule has 16 rings (SSSR count). The zero-order valence-corrected chi connectivity index (χ0v) is 61.6. The summed E-state index contributed by atoms with van der Waals surface area (Å²) < 4.78 is 0. The molecular formula is C92H68N4Ni4O2PS. The molecule has 0 aliphatic heterocycles. The molecule has 12 heteroatoms. The van der Waals surface area contributed by atoms with Gasteiger partial charge in [-0.3, -0.25) is 19.9 Å². The number of hydrogen-bond donors (Lipinski definition) is 1. The number of benzene rings is 12. The molecule has 1 radical (unpaired) electrons. The third kappa shape index (κ3) is 28.8. The van der Waals surface area contributed by atoms with Gasteiger partial charge in [-0.1, -0.05) is 166 Å². The number of phenolic OH excluding ortho intramolecular Hbond substituents is 1. The van der Waals surface area contributed by atoms with Crippen molar-refractivity contribution in [2.75, 3.05) is 0 Å². The molecule has 4 heterocycles. The van der Waals surface area contributed by atoms with Gasteiger partial charge in [-0.25, -0.2) is 22.3 Å². The Balaban J connectivity index is 0.000000221. The summed E-state index contributed by atoms with van der Waals surface area (Å²) >= 11 is 4.81. The van der Waals surface area contributed by atoms with Gasteiger partial charge in [0.05, 0.1) is 0 Å². The van der Waals surface area contributed by atoms with Crippen LogP contribution in [0, 0.1) is 48.5 Å². The second-order valence-corrected chi connectivity index (χ2v) is 23.3. The Morgan fingerprint density at radius 3 is 0.663 bits per heavy atom. The van der Waals surface area contributed by atoms with Crippen molar-refractivity contribution in [1.82, 2.24) is 19.9 Å². The first-order chi connectivity index (χ1) is 49.0. The van der Waals surface area contributed by atoms with E-state index in [1.807, 2.05) is 279 Å². The first-order valence-corrected chi connectivity index (χ1v) is 33.3. The molecule has 0 aliphatic carbocycles. The fourth-order valence-electron chi connectivity index (χ4n) is 9.49. The summed E-state index contributed by atoms with van der Waals surface area (Å²) in [6.45, 7) is 0. The molecular weight excluding hydrogens is 1490 g/mol. The predicted octanol–water partition coefficient (Wildman–Crippen LogP) is 20.5. The molecule has 0 bridgehead atoms. The van der Waals surface area contributed by atoms with Crippen molar-refractivity contribution >= 4 is 31.8 Å². The standard InChI is InChI=1S/4C17H11N.C12H11P.C6H6O.C6H6S.4Ni.H2O/c4*1-2-7-14(8-3-1)15-9-6-10-16(13-15)17-11-4-5-12-18-17;1-3-7-11(8-4-1)13-12-9-5-2-6-10-12;2*7-6-4-2-1-3-5-6;;;;;/h4*1-7,9-12H;1-10,13H;2*1-5,7H;;;;;1H2/q4*-2;;;;3*+2;+3;/p-1. The van der Waals surface area contributed by atoms with Gasteiger partial charge in [-0.05, 0) is 47.0 Å². The van der Waals surface area contributed by atoms with E-state index in [1.54, 1.807) is 49.1 Å². The molecule has 16 aromatic rings. The summed E-state index contributed by atoms with van der Waals surface area (Å²) in [5.74, 6) is 0.322. The topological polar surface area (TPSA) is 103 Å². The fourth-order valence-corrected chi connectivity index (χ4v) is 10.7. The van der Waals surface area contributed by atoms with Gasteiger partial charge in [0, 0.05) is 47.6 Å². The summed E-state index contributed by atoms with van der Waals surface area (Å²) in [5, 5.41) is 11.4. The van der Waals surface area contributed by atoms with E-state index >= 15 is 0 Å². The maximum absolute atomic E-state index is 8.63. The summed E-state index contributed by atoms with van der Waals surface area (Å²) in [6.07, 6.45) is 7.18. The molecule has 12 aromatic carbocycles. The Hall–Kier alpha value is -10.4. The van der Waals surface area contributed by atoms with Crippen LogP contribution < -0.4 is 10.6 Å². The molecule has 3 N–H and O–H groups in total. The third-order valence-electron chi connectivity index (χ3n) is 14.3. The Bertz CT molecular complexity index is 4090. The number of rotatable bonds is 10. The number of phenols is 1. The fraction of sp³-hybridized carbons (Fsp3) is 0. The van der Waals surface area contributed by atoms with Crippen molar-refractivity contribution in [2.45, 2.75) is 4.90 Å². The average molecular weight is 1560 g/mol. The van der Waals surface area contributed by atoms with Crippen molar-refractivity contribution in [3.63, 3.8) is 0 Å². The molecule has 0 fully saturated rings. The van der Waals surface area contributed by atoms with Crippen LogP contribution in [-0.4, -0.2) is 30.5 Å². The Kier molecular flexibility index (Phi) is 39.3. The zero-order valence-electron chi connectivity index (χ0n) is 55.9. The largest absolute Gasteiger partial charge is 3.00 e. The molecule has 0 spiro atoms. The molecule has 0 aliphatic rings. The van der Waals surface area contributed by atoms with Crippen LogP contribution in [0.4, 0.5) is 0 Å². The van der Waals surface area contributed by atoms with E-state index in [2.05, 4.69) is 129 Å². The SMILES string of the molecule is O.Oc1ccccc1.[Ni+2].[Ni+2].[Ni+2].[Ni+3].[S-]c1ccccc1.[c-]1ccccc1-c1[c-]c(-c2ccccn2)ccc1.[c-]1ccccc1-c1[c-]c(-c2ccccn2)ccc1.[c-]1ccccc1-c1[c-]c(-c2ccccn2)ccc1.[c-]1ccccc1-c1[c-]c(-c2ccccn2)ccc1.c1ccc(Pc2ccccc2)cc1. The molecule has 0 unspecified atom stereocenters. The van der Waals surface area contributed by atoms with Crippen LogP contribution in [0.25, 0.3) is 89.5 Å². The Morgan fingerprint density at radius 2 is 0.462 bits per heavy atom. The molecule has 4 aromatic heterocycles. The van der Waals surface area contributed by atoms with E-state index in [1.165, 1.54) is 10.6 Å². The van der Waals surface area contributed by atoms with E-state index in [9.17, 15) is 0 Å². The summed E-state index contributed by atoms with van der Waals surface area (Å²) in [4.78, 5) is 18.3. The second kappa shape index (κ2) is 48.5. The van der Waals surface area contributed by atoms with Crippen molar-refractivity contribution in [3.8, 4) is 95.3 Å². The first kappa shape index (κ1) is 84.3. The van der Waals surface area contributed by atoms with Crippen molar-refractivity contribution in [1.29, 1.82) is 0 Å². The minimum absolute atomic E-state index is 0. The molecule has 104 heavy (non-hydrogen) atoms. The van der Waals surface area contributed by atoms with Gasteiger partial charge in [0.15, 0.2) is 0 Å². The molecule has 0 saturated carbocycles. The number of aromatic hydroxyl groups is 1. The number of pyridine rings is 4. The molecule has 0 amide bonds. The average Bonchev–Trinajstić information content (AvgIpc) is 0.864. The predicted molar refractivity (Wildman–Crippen MR) is 415 cm³/mol. The van der Waals surface area contributed by atoms with Gasteiger partial charge in [0.1, 0.15) is 5.75 Å². The molecule has 0 saturated heterocycles. The van der Waals surface area contributed by atoms with Crippen LogP contribution in [0.2, 0.25) is 0 Å². The van der Waals surface area contributed by atoms with E-state index in [0.717, 1.165) is 103 Å². The van der Waals surface area contributed by atoms with Gasteiger partial charge in [0.2, 0.25) is 0 Å². The monoisotopic (exact) mass is 1560 g/mol. The minimum Gasteiger partial charge on any atom is -0.780 e. The van der Waals surface area contributed by atoms with Gasteiger partial charge in [-0.2, -0.15) is 173 Å². The minimum atomic E-state index is 0. The van der Waals surface area contributed by atoms with E-state index in [0.29, 0.717) is 5.75 Å². The maximum Gasteiger partial charge on any atom is 3.00 e. The van der Waals surface area contributed by atoms with Gasteiger partial charge < -0.3 is 23.2 Å². The van der Waals surface area contributed by atoms with Crippen LogP contribution >= 0.6 is 8.58 Å². The number of hydrogen-bond acceptors (Lipinski definition) is 6. The Labute approximate surface area is 660 Å². The summed E-state index contributed by atoms with van der Waals surface area (Å²) in [6, 6.07) is 145. The van der Waals surface area contributed by atoms with Gasteiger partial charge in [0.25, 0.3) is 0 Å². The van der Waals surface area contributed by atoms with Crippen molar-refractivity contribution < 1.29 is 76.5 Å². The van der Waals surface area contributed by atoms with Crippen LogP contribution in [0.5, 0.6) is 5.75 Å². The van der Waals surface area contributed by atoms with Gasteiger partial charge in [-0.15, -0.1) is 95.1 Å². The van der Waals surface area contributed by atoms with Gasteiger partial charge >= 0.3 is 66.0 Å². The van der Waals surface area contributed by atoms with Crippen LogP contribution in [0.15, 0.2) is 394 Å². The van der Waals surface area contributed by atoms with Crippen LogP contribution in [0.3, 0.4) is 0 Å². The zero-order chi connectivity index (χ0) is 68.0. The Morgan fingerprint density at radius 1 is 0.240 bits per heavy atom. The summed E-state index contributed by atoms with van der Waals surface area (Å²) in [5.41, 5.74) is 16.1. The van der Waals surface area contributed by atoms with Crippen LogP contribution in [0.1, 0.15) is 0 Å². The van der Waals surface area contributed by atoms with Crippen LogP contribution in [-0.2, 0) is 78.6 Å². The quantitative estimate of drug-likeness (QED) is 0.0633. The summed E-state index contributed by atoms with van der Waals surface area (Å²) in [7, 11) is 0.777. The van der Waals surface area contributed by atoms with E-state index < -0.39 is 0 Å². The normalized spacial score (nSPS) is 9.46. The maximum atomic E-state index is 8.63.